The number of hydrogen-bond acceptors (Lipinski definition) is 2. The largest absolute Gasteiger partial charge is 0.495 e. The van der Waals surface area contributed by atoms with Gasteiger partial charge in [0, 0.05) is 16.6 Å². The first-order valence-corrected chi connectivity index (χ1v) is 7.32. The van der Waals surface area contributed by atoms with Crippen molar-refractivity contribution in [3.63, 3.8) is 0 Å². The minimum absolute atomic E-state index is 0.442. The van der Waals surface area contributed by atoms with Gasteiger partial charge >= 0.3 is 0 Å². The lowest BCUT2D eigenvalue weighted by atomic mass is 10.1. The normalized spacial score (nSPS) is 12.6. The smallest absolute Gasteiger partial charge is 0.135 e. The Labute approximate surface area is 120 Å². The van der Waals surface area contributed by atoms with Crippen LogP contribution in [0.25, 0.3) is 0 Å². The number of halogens is 2. The van der Waals surface area contributed by atoms with Crippen molar-refractivity contribution >= 4 is 37.5 Å². The fourth-order valence-corrected chi connectivity index (χ4v) is 3.10. The van der Waals surface area contributed by atoms with E-state index in [1.807, 2.05) is 12.1 Å². The topological polar surface area (TPSA) is 21.3 Å². The van der Waals surface area contributed by atoms with Crippen molar-refractivity contribution < 1.29 is 4.74 Å². The van der Waals surface area contributed by atoms with Gasteiger partial charge in [0.15, 0.2) is 0 Å². The second kappa shape index (κ2) is 6.64. The summed E-state index contributed by atoms with van der Waals surface area (Å²) in [5, 5.41) is 3.50. The van der Waals surface area contributed by atoms with Crippen LogP contribution in [-0.4, -0.2) is 13.2 Å². The van der Waals surface area contributed by atoms with Gasteiger partial charge in [-0.25, -0.2) is 0 Å². The Morgan fingerprint density at radius 1 is 1.18 bits per heavy atom. The molecule has 0 heterocycles. The van der Waals surface area contributed by atoms with Crippen LogP contribution >= 0.6 is 31.9 Å². The minimum Gasteiger partial charge on any atom is -0.495 e. The van der Waals surface area contributed by atoms with Crippen molar-refractivity contribution in [3.05, 3.63) is 21.1 Å². The van der Waals surface area contributed by atoms with Gasteiger partial charge in [-0.2, -0.15) is 0 Å². The zero-order valence-electron chi connectivity index (χ0n) is 10.7. The van der Waals surface area contributed by atoms with Crippen LogP contribution in [0, 0.1) is 5.92 Å². The molecule has 4 heteroatoms. The summed E-state index contributed by atoms with van der Waals surface area (Å²) in [4.78, 5) is 0. The first-order valence-electron chi connectivity index (χ1n) is 5.73. The summed E-state index contributed by atoms with van der Waals surface area (Å²) in [6, 6.07) is 4.45. The second-order valence-electron chi connectivity index (χ2n) is 4.64. The van der Waals surface area contributed by atoms with Gasteiger partial charge in [0.05, 0.1) is 17.3 Å². The molecule has 1 rings (SSSR count). The van der Waals surface area contributed by atoms with Crippen molar-refractivity contribution in [2.45, 2.75) is 33.2 Å². The van der Waals surface area contributed by atoms with Gasteiger partial charge in [0.1, 0.15) is 5.75 Å². The molecular formula is C13H19Br2NO. The van der Waals surface area contributed by atoms with Gasteiger partial charge in [-0.15, -0.1) is 0 Å². The van der Waals surface area contributed by atoms with Crippen LogP contribution in [0.5, 0.6) is 5.75 Å². The van der Waals surface area contributed by atoms with E-state index in [2.05, 4.69) is 57.9 Å². The monoisotopic (exact) mass is 363 g/mol. The lowest BCUT2D eigenvalue weighted by molar-refractivity contribution is 0.412. The van der Waals surface area contributed by atoms with Gasteiger partial charge in [0.25, 0.3) is 0 Å². The number of hydrogen-bond donors (Lipinski definition) is 1. The highest BCUT2D eigenvalue weighted by atomic mass is 79.9. The quantitative estimate of drug-likeness (QED) is 0.787. The van der Waals surface area contributed by atoms with Crippen molar-refractivity contribution in [3.8, 4) is 5.75 Å². The molecule has 0 spiro atoms. The molecule has 0 aliphatic rings. The molecular weight excluding hydrogens is 346 g/mol. The van der Waals surface area contributed by atoms with E-state index in [1.54, 1.807) is 7.11 Å². The number of benzene rings is 1. The molecule has 0 saturated heterocycles. The third-order valence-electron chi connectivity index (χ3n) is 2.47. The second-order valence-corrected chi connectivity index (χ2v) is 6.35. The van der Waals surface area contributed by atoms with Crippen LogP contribution in [0.1, 0.15) is 27.2 Å². The Hall–Kier alpha value is -0.220. The third-order valence-corrected chi connectivity index (χ3v) is 3.74. The lowest BCUT2D eigenvalue weighted by Gasteiger charge is -2.19. The number of methoxy groups -OCH3 is 1. The van der Waals surface area contributed by atoms with E-state index >= 15 is 0 Å². The molecule has 0 fully saturated rings. The molecule has 1 aromatic carbocycles. The maximum absolute atomic E-state index is 5.30. The molecule has 1 unspecified atom stereocenters. The number of ether oxygens (including phenoxy) is 1. The molecule has 0 amide bonds. The van der Waals surface area contributed by atoms with Gasteiger partial charge in [-0.1, -0.05) is 13.8 Å². The number of anilines is 1. The maximum atomic E-state index is 5.30. The highest BCUT2D eigenvalue weighted by Crippen LogP contribution is 2.35. The highest BCUT2D eigenvalue weighted by Gasteiger charge is 2.10. The van der Waals surface area contributed by atoms with Crippen LogP contribution in [0.4, 0.5) is 5.69 Å². The Morgan fingerprint density at radius 3 is 2.35 bits per heavy atom. The number of nitrogens with one attached hydrogen (secondary N) is 1. The average Bonchev–Trinajstić information content (AvgIpc) is 2.20. The molecule has 0 radical (unpaired) electrons. The van der Waals surface area contributed by atoms with Gasteiger partial charge in [-0.05, 0) is 57.2 Å². The Bertz CT molecular complexity index is 380. The van der Waals surface area contributed by atoms with Gasteiger partial charge in [-0.3, -0.25) is 0 Å². The summed E-state index contributed by atoms with van der Waals surface area (Å²) in [5.74, 6) is 1.53. The molecule has 2 nitrogen and oxygen atoms in total. The zero-order chi connectivity index (χ0) is 13.0. The predicted octanol–water partition coefficient (Wildman–Crippen LogP) is 5.07. The average molecular weight is 365 g/mol. The summed E-state index contributed by atoms with van der Waals surface area (Å²) in [6.07, 6.45) is 1.14. The molecule has 1 N–H and O–H groups in total. The van der Waals surface area contributed by atoms with Crippen molar-refractivity contribution in [1.82, 2.24) is 0 Å². The summed E-state index contributed by atoms with van der Waals surface area (Å²) < 4.78 is 7.29. The van der Waals surface area contributed by atoms with E-state index in [1.165, 1.54) is 0 Å². The van der Waals surface area contributed by atoms with Crippen LogP contribution in [0.15, 0.2) is 21.1 Å². The Morgan fingerprint density at radius 2 is 1.82 bits per heavy atom. The van der Waals surface area contributed by atoms with E-state index in [4.69, 9.17) is 4.74 Å². The SMILES string of the molecule is COc1cc(NC(C)CC(C)C)c(Br)cc1Br. The first-order chi connectivity index (χ1) is 7.93. The highest BCUT2D eigenvalue weighted by molar-refractivity contribution is 9.11. The van der Waals surface area contributed by atoms with E-state index in [9.17, 15) is 0 Å². The van der Waals surface area contributed by atoms with E-state index in [0.29, 0.717) is 12.0 Å². The van der Waals surface area contributed by atoms with E-state index < -0.39 is 0 Å². The molecule has 0 aromatic heterocycles. The van der Waals surface area contributed by atoms with Gasteiger partial charge < -0.3 is 10.1 Å². The molecule has 0 saturated carbocycles. The maximum Gasteiger partial charge on any atom is 0.135 e. The van der Waals surface area contributed by atoms with Crippen molar-refractivity contribution in [2.24, 2.45) is 5.92 Å². The zero-order valence-corrected chi connectivity index (χ0v) is 13.9. The predicted molar refractivity (Wildman–Crippen MR) is 80.9 cm³/mol. The van der Waals surface area contributed by atoms with Crippen molar-refractivity contribution in [2.75, 3.05) is 12.4 Å². The molecule has 1 atom stereocenters. The fourth-order valence-electron chi connectivity index (χ4n) is 1.83. The van der Waals surface area contributed by atoms with Crippen molar-refractivity contribution in [1.29, 1.82) is 0 Å². The first kappa shape index (κ1) is 14.8. The fraction of sp³-hybridized carbons (Fsp3) is 0.538. The number of rotatable bonds is 5. The third kappa shape index (κ3) is 4.51. The molecule has 0 aliphatic heterocycles. The van der Waals surface area contributed by atoms with E-state index in [0.717, 1.165) is 26.8 Å². The van der Waals surface area contributed by atoms with E-state index in [-0.39, 0.29) is 0 Å². The molecule has 0 bridgehead atoms. The summed E-state index contributed by atoms with van der Waals surface area (Å²) in [7, 11) is 1.68. The lowest BCUT2D eigenvalue weighted by Crippen LogP contribution is -2.17. The molecule has 96 valence electrons. The van der Waals surface area contributed by atoms with Crippen LogP contribution < -0.4 is 10.1 Å². The molecule has 17 heavy (non-hydrogen) atoms. The summed E-state index contributed by atoms with van der Waals surface area (Å²) >= 11 is 7.02. The Balaban J connectivity index is 2.83. The molecule has 0 aliphatic carbocycles. The van der Waals surface area contributed by atoms with Gasteiger partial charge in [0.2, 0.25) is 0 Å². The van der Waals surface area contributed by atoms with Crippen LogP contribution in [-0.2, 0) is 0 Å². The summed E-state index contributed by atoms with van der Waals surface area (Å²) in [6.45, 7) is 6.66. The molecule has 1 aromatic rings. The summed E-state index contributed by atoms with van der Waals surface area (Å²) in [5.41, 5.74) is 1.07. The Kier molecular flexibility index (Phi) is 5.80. The standard InChI is InChI=1S/C13H19Br2NO/c1-8(2)5-9(3)16-12-7-13(17-4)11(15)6-10(12)14/h6-9,16H,5H2,1-4H3. The van der Waals surface area contributed by atoms with Crippen LogP contribution in [0.2, 0.25) is 0 Å². The minimum atomic E-state index is 0.442. The van der Waals surface area contributed by atoms with Crippen LogP contribution in [0.3, 0.4) is 0 Å².